The van der Waals surface area contributed by atoms with Crippen LogP contribution in [-0.2, 0) is 4.79 Å². The molecule has 0 unspecified atom stereocenters. The van der Waals surface area contributed by atoms with Crippen LogP contribution in [0.25, 0.3) is 0 Å². The Balaban J connectivity index is 1.80. The smallest absolute Gasteiger partial charge is 0.276 e. The van der Waals surface area contributed by atoms with Crippen molar-refractivity contribution in [1.82, 2.24) is 5.43 Å². The molecule has 0 aliphatic heterocycles. The van der Waals surface area contributed by atoms with Crippen molar-refractivity contribution in [2.75, 3.05) is 19.1 Å². The number of para-hydroxylation sites is 3. The molecule has 0 aromatic heterocycles. The molecule has 0 aliphatic rings. The van der Waals surface area contributed by atoms with E-state index in [1.54, 1.807) is 19.2 Å². The van der Waals surface area contributed by atoms with Crippen LogP contribution in [0.2, 0.25) is 0 Å². The Morgan fingerprint density at radius 1 is 1.00 bits per heavy atom. The van der Waals surface area contributed by atoms with Gasteiger partial charge in [0, 0.05) is 0 Å². The van der Waals surface area contributed by atoms with E-state index in [1.165, 1.54) is 0 Å². The maximum Gasteiger partial charge on any atom is 0.276 e. The summed E-state index contributed by atoms with van der Waals surface area (Å²) in [6.07, 6.45) is 0. The molecule has 0 radical (unpaired) electrons. The molecule has 5 nitrogen and oxygen atoms in total. The van der Waals surface area contributed by atoms with E-state index >= 15 is 0 Å². The summed E-state index contributed by atoms with van der Waals surface area (Å²) < 4.78 is 10.5. The van der Waals surface area contributed by atoms with E-state index in [9.17, 15) is 4.79 Å². The van der Waals surface area contributed by atoms with Gasteiger partial charge in [-0.15, -0.1) is 0 Å². The number of ether oxygens (including phenoxy) is 2. The average molecular weight is 272 g/mol. The fourth-order valence-corrected chi connectivity index (χ4v) is 1.58. The number of amides is 1. The molecule has 104 valence electrons. The van der Waals surface area contributed by atoms with Crippen LogP contribution in [0.5, 0.6) is 11.5 Å². The summed E-state index contributed by atoms with van der Waals surface area (Å²) in [6, 6.07) is 16.5. The van der Waals surface area contributed by atoms with Gasteiger partial charge in [-0.3, -0.25) is 15.6 Å². The summed E-state index contributed by atoms with van der Waals surface area (Å²) >= 11 is 0. The van der Waals surface area contributed by atoms with Crippen LogP contribution in [0.15, 0.2) is 54.6 Å². The topological polar surface area (TPSA) is 59.6 Å². The maximum absolute atomic E-state index is 11.6. The van der Waals surface area contributed by atoms with Crippen LogP contribution in [-0.4, -0.2) is 19.6 Å². The van der Waals surface area contributed by atoms with Crippen LogP contribution in [0, 0.1) is 0 Å². The first-order chi connectivity index (χ1) is 9.79. The zero-order valence-corrected chi connectivity index (χ0v) is 11.1. The molecule has 2 N–H and O–H groups in total. The Labute approximate surface area is 117 Å². The predicted octanol–water partition coefficient (Wildman–Crippen LogP) is 2.22. The quantitative estimate of drug-likeness (QED) is 0.792. The van der Waals surface area contributed by atoms with Crippen LogP contribution >= 0.6 is 0 Å². The Hall–Kier alpha value is -2.69. The number of carbonyl (C=O) groups excluding carboxylic acids is 1. The highest BCUT2D eigenvalue weighted by molar-refractivity contribution is 5.78. The van der Waals surface area contributed by atoms with Crippen LogP contribution in [0.4, 0.5) is 5.69 Å². The summed E-state index contributed by atoms with van der Waals surface area (Å²) in [6.45, 7) is -0.0970. The van der Waals surface area contributed by atoms with Gasteiger partial charge in [0.2, 0.25) is 0 Å². The van der Waals surface area contributed by atoms with Crippen molar-refractivity contribution in [3.05, 3.63) is 54.6 Å². The van der Waals surface area contributed by atoms with E-state index in [1.807, 2.05) is 42.5 Å². The largest absolute Gasteiger partial charge is 0.493 e. The molecule has 1 amide bonds. The summed E-state index contributed by atoms with van der Waals surface area (Å²) in [5.41, 5.74) is 6.15. The van der Waals surface area contributed by atoms with Gasteiger partial charge in [0.1, 0.15) is 0 Å². The van der Waals surface area contributed by atoms with Gasteiger partial charge in [0.05, 0.1) is 12.8 Å². The number of nitrogens with one attached hydrogen (secondary N) is 2. The van der Waals surface area contributed by atoms with Gasteiger partial charge >= 0.3 is 0 Å². The van der Waals surface area contributed by atoms with Crippen molar-refractivity contribution in [2.24, 2.45) is 0 Å². The molecule has 2 rings (SSSR count). The summed E-state index contributed by atoms with van der Waals surface area (Å²) in [7, 11) is 1.55. The number of rotatable bonds is 6. The van der Waals surface area contributed by atoms with Gasteiger partial charge in [-0.25, -0.2) is 0 Å². The van der Waals surface area contributed by atoms with Crippen LogP contribution < -0.4 is 20.3 Å². The third-order valence-electron chi connectivity index (χ3n) is 2.55. The SMILES string of the molecule is COc1ccccc1OCC(=O)NNc1ccccc1. The van der Waals surface area contributed by atoms with Crippen LogP contribution in [0.3, 0.4) is 0 Å². The fourth-order valence-electron chi connectivity index (χ4n) is 1.58. The minimum atomic E-state index is -0.278. The second-order valence-corrected chi connectivity index (χ2v) is 3.98. The van der Waals surface area contributed by atoms with E-state index in [4.69, 9.17) is 9.47 Å². The van der Waals surface area contributed by atoms with Crippen molar-refractivity contribution in [2.45, 2.75) is 0 Å². The second kappa shape index (κ2) is 7.04. The minimum Gasteiger partial charge on any atom is -0.493 e. The maximum atomic E-state index is 11.6. The lowest BCUT2D eigenvalue weighted by molar-refractivity contribution is -0.122. The van der Waals surface area contributed by atoms with Gasteiger partial charge in [-0.05, 0) is 24.3 Å². The molecule has 5 heteroatoms. The van der Waals surface area contributed by atoms with E-state index < -0.39 is 0 Å². The third-order valence-corrected chi connectivity index (χ3v) is 2.55. The zero-order chi connectivity index (χ0) is 14.2. The standard InChI is InChI=1S/C15H16N2O3/c1-19-13-9-5-6-10-14(13)20-11-15(18)17-16-12-7-3-2-4-8-12/h2-10,16H,11H2,1H3,(H,17,18). The highest BCUT2D eigenvalue weighted by Crippen LogP contribution is 2.25. The number of methoxy groups -OCH3 is 1. The lowest BCUT2D eigenvalue weighted by Crippen LogP contribution is -2.33. The van der Waals surface area contributed by atoms with E-state index in [0.29, 0.717) is 11.5 Å². The number of benzene rings is 2. The number of carbonyl (C=O) groups is 1. The normalized spacial score (nSPS) is 9.65. The minimum absolute atomic E-state index is 0.0970. The number of hydrogen-bond acceptors (Lipinski definition) is 4. The first-order valence-electron chi connectivity index (χ1n) is 6.15. The van der Waals surface area contributed by atoms with Crippen molar-refractivity contribution >= 4 is 11.6 Å². The van der Waals surface area contributed by atoms with E-state index in [-0.39, 0.29) is 12.5 Å². The summed E-state index contributed by atoms with van der Waals surface area (Å²) in [5.74, 6) is 0.848. The Morgan fingerprint density at radius 2 is 1.65 bits per heavy atom. The van der Waals surface area contributed by atoms with Gasteiger partial charge in [0.25, 0.3) is 5.91 Å². The molecule has 0 saturated carbocycles. The highest BCUT2D eigenvalue weighted by atomic mass is 16.5. The Kier molecular flexibility index (Phi) is 4.83. The number of hydrazine groups is 1. The average Bonchev–Trinajstić information content (AvgIpc) is 2.52. The predicted molar refractivity (Wildman–Crippen MR) is 76.7 cm³/mol. The molecule has 20 heavy (non-hydrogen) atoms. The van der Waals surface area contributed by atoms with Gasteiger partial charge in [0.15, 0.2) is 18.1 Å². The number of anilines is 1. The van der Waals surface area contributed by atoms with E-state index in [0.717, 1.165) is 5.69 Å². The molecule has 0 spiro atoms. The molecule has 0 aliphatic carbocycles. The molecule has 0 saturated heterocycles. The monoisotopic (exact) mass is 272 g/mol. The van der Waals surface area contributed by atoms with Crippen molar-refractivity contribution in [3.63, 3.8) is 0 Å². The van der Waals surface area contributed by atoms with Gasteiger partial charge in [-0.1, -0.05) is 30.3 Å². The van der Waals surface area contributed by atoms with Crippen LogP contribution in [0.1, 0.15) is 0 Å². The Bertz CT molecular complexity index is 558. The number of hydrogen-bond donors (Lipinski definition) is 2. The summed E-state index contributed by atoms with van der Waals surface area (Å²) in [4.78, 5) is 11.6. The van der Waals surface area contributed by atoms with Gasteiger partial charge < -0.3 is 9.47 Å². The lowest BCUT2D eigenvalue weighted by atomic mass is 10.3. The molecule has 2 aromatic rings. The van der Waals surface area contributed by atoms with Crippen molar-refractivity contribution in [3.8, 4) is 11.5 Å². The van der Waals surface area contributed by atoms with E-state index in [2.05, 4.69) is 10.9 Å². The Morgan fingerprint density at radius 3 is 2.35 bits per heavy atom. The van der Waals surface area contributed by atoms with Crippen molar-refractivity contribution < 1.29 is 14.3 Å². The fraction of sp³-hybridized carbons (Fsp3) is 0.133. The summed E-state index contributed by atoms with van der Waals surface area (Å²) in [5, 5.41) is 0. The molecule has 0 atom stereocenters. The molecular weight excluding hydrogens is 256 g/mol. The highest BCUT2D eigenvalue weighted by Gasteiger charge is 2.06. The first kappa shape index (κ1) is 13.7. The molecular formula is C15H16N2O3. The molecule has 0 heterocycles. The van der Waals surface area contributed by atoms with Crippen molar-refractivity contribution in [1.29, 1.82) is 0 Å². The lowest BCUT2D eigenvalue weighted by Gasteiger charge is -2.11. The van der Waals surface area contributed by atoms with Gasteiger partial charge in [-0.2, -0.15) is 0 Å². The third kappa shape index (κ3) is 3.91. The molecule has 0 bridgehead atoms. The first-order valence-corrected chi connectivity index (χ1v) is 6.15. The zero-order valence-electron chi connectivity index (χ0n) is 11.1. The molecule has 0 fully saturated rings. The molecule has 2 aromatic carbocycles. The second-order valence-electron chi connectivity index (χ2n) is 3.98.